The fourth-order valence-electron chi connectivity index (χ4n) is 13.7. The van der Waals surface area contributed by atoms with Crippen LogP contribution in [0.2, 0.25) is 0 Å². The second-order valence-electron chi connectivity index (χ2n) is 24.7. The maximum atomic E-state index is 2.40. The summed E-state index contributed by atoms with van der Waals surface area (Å²) in [4.78, 5) is 0. The Kier molecular flexibility index (Phi) is 17.7. The van der Waals surface area contributed by atoms with E-state index in [2.05, 4.69) is 371 Å². The second-order valence-corrected chi connectivity index (χ2v) is 24.7. The number of hydrogen-bond acceptors (Lipinski definition) is 0. The van der Waals surface area contributed by atoms with Gasteiger partial charge >= 0.3 is 0 Å². The highest BCUT2D eigenvalue weighted by molar-refractivity contribution is 5.95. The first-order valence-corrected chi connectivity index (χ1v) is 31.6. The van der Waals surface area contributed by atoms with Gasteiger partial charge in [0.2, 0.25) is 0 Å². The molecule has 0 amide bonds. The molecule has 14 aromatic rings. The smallest absolute Gasteiger partial charge is 0.0622 e. The Hall–Kier alpha value is -10.4. The minimum absolute atomic E-state index is 0.151. The van der Waals surface area contributed by atoms with Crippen molar-refractivity contribution < 1.29 is 0 Å². The van der Waals surface area contributed by atoms with Crippen LogP contribution < -0.4 is 0 Å². The molecule has 0 atom stereocenters. The summed E-state index contributed by atoms with van der Waals surface area (Å²) in [5.74, 6) is 0. The SMILES string of the molecule is Cc1ccc2c(c1)C(C)(C)c1ccccc1-2.Cc1ccc2c(c1)C1(c3ccccc3-c3ccccc31)c1ccccc1-2.Cc1ccc2ccccc2c1.Cc1cccc(-c2ccccc2)c1.Cc1cccc2ccccc12.Cc1ccccc1-c1ccccc1. The Morgan fingerprint density at radius 3 is 1.16 bits per heavy atom. The van der Waals surface area contributed by atoms with E-state index in [0.717, 1.165) is 0 Å². The second kappa shape index (κ2) is 26.5. The molecule has 14 aromatic carbocycles. The molecule has 3 aliphatic carbocycles. The van der Waals surface area contributed by atoms with Crippen molar-refractivity contribution >= 4 is 21.5 Å². The Bertz CT molecular complexity index is 4730. The molecule has 17 rings (SSSR count). The van der Waals surface area contributed by atoms with Crippen LogP contribution in [0.15, 0.2) is 328 Å². The molecule has 0 bridgehead atoms. The third kappa shape index (κ3) is 12.1. The highest BCUT2D eigenvalue weighted by Gasteiger charge is 2.51. The number of fused-ring (bicyclic) bond motifs is 15. The molecule has 0 nitrogen and oxygen atoms in total. The van der Waals surface area contributed by atoms with E-state index in [1.54, 1.807) is 0 Å². The zero-order valence-electron chi connectivity index (χ0n) is 53.2. The van der Waals surface area contributed by atoms with Gasteiger partial charge in [-0.15, -0.1) is 0 Å². The molecule has 0 heterocycles. The fraction of sp³-hybridized carbons (Fsp3) is 0.111. The van der Waals surface area contributed by atoms with E-state index in [9.17, 15) is 0 Å². The van der Waals surface area contributed by atoms with Crippen molar-refractivity contribution in [1.82, 2.24) is 0 Å². The molecule has 0 saturated heterocycles. The van der Waals surface area contributed by atoms with E-state index >= 15 is 0 Å². The molecule has 0 aliphatic heterocycles. The summed E-state index contributed by atoms with van der Waals surface area (Å²) in [6.07, 6.45) is 0. The number of aryl methyl sites for hydroxylation is 6. The van der Waals surface area contributed by atoms with Crippen LogP contribution in [-0.2, 0) is 10.8 Å². The highest BCUT2D eigenvalue weighted by Crippen LogP contribution is 2.62. The fourth-order valence-corrected chi connectivity index (χ4v) is 13.7. The van der Waals surface area contributed by atoms with Crippen LogP contribution in [0.4, 0.5) is 0 Å². The third-order valence-electron chi connectivity index (χ3n) is 18.2. The normalized spacial score (nSPS) is 12.4. The van der Waals surface area contributed by atoms with Gasteiger partial charge in [-0.25, -0.2) is 0 Å². The van der Waals surface area contributed by atoms with Crippen molar-refractivity contribution in [1.29, 1.82) is 0 Å². The minimum Gasteiger partial charge on any atom is -0.0622 e. The van der Waals surface area contributed by atoms with Gasteiger partial charge in [-0.05, 0) is 163 Å². The van der Waals surface area contributed by atoms with Crippen LogP contribution in [0, 0.1) is 41.5 Å². The van der Waals surface area contributed by atoms with E-state index in [1.165, 1.54) is 144 Å². The van der Waals surface area contributed by atoms with Crippen molar-refractivity contribution in [3.05, 3.63) is 394 Å². The topological polar surface area (TPSA) is 0 Å². The largest absolute Gasteiger partial charge is 0.0725 e. The summed E-state index contributed by atoms with van der Waals surface area (Å²) in [6.45, 7) is 17.5. The quantitative estimate of drug-likeness (QED) is 0.162. The van der Waals surface area contributed by atoms with Crippen LogP contribution in [0.5, 0.6) is 0 Å². The first-order chi connectivity index (χ1) is 43.9. The zero-order chi connectivity index (χ0) is 62.2. The van der Waals surface area contributed by atoms with Gasteiger partial charge in [0.1, 0.15) is 0 Å². The predicted octanol–water partition coefficient (Wildman–Crippen LogP) is 24.3. The molecule has 1 spiro atoms. The number of benzene rings is 14. The average Bonchev–Trinajstić information content (AvgIpc) is 1.52. The lowest BCUT2D eigenvalue weighted by Crippen LogP contribution is -2.25. The summed E-state index contributed by atoms with van der Waals surface area (Å²) >= 11 is 0. The first-order valence-electron chi connectivity index (χ1n) is 31.6. The van der Waals surface area contributed by atoms with Gasteiger partial charge in [-0.2, -0.15) is 0 Å². The average molecular weight is 1160 g/mol. The molecule has 0 fully saturated rings. The molecule has 0 unspecified atom stereocenters. The molecule has 0 aromatic heterocycles. The zero-order valence-corrected chi connectivity index (χ0v) is 53.2. The summed E-state index contributed by atoms with van der Waals surface area (Å²) in [7, 11) is 0. The van der Waals surface area contributed by atoms with Crippen LogP contribution in [0.1, 0.15) is 80.6 Å². The number of hydrogen-bond donors (Lipinski definition) is 0. The Morgan fingerprint density at radius 2 is 0.578 bits per heavy atom. The molecule has 0 radical (unpaired) electrons. The van der Waals surface area contributed by atoms with Crippen LogP contribution >= 0.6 is 0 Å². The van der Waals surface area contributed by atoms with Crippen LogP contribution in [-0.4, -0.2) is 0 Å². The molecule has 90 heavy (non-hydrogen) atoms. The van der Waals surface area contributed by atoms with E-state index in [4.69, 9.17) is 0 Å². The molecule has 0 N–H and O–H groups in total. The summed E-state index contributed by atoms with van der Waals surface area (Å²) in [6, 6.07) is 117. The van der Waals surface area contributed by atoms with Crippen molar-refractivity contribution in [3.8, 4) is 55.6 Å². The minimum atomic E-state index is -0.189. The van der Waals surface area contributed by atoms with Crippen LogP contribution in [0.3, 0.4) is 0 Å². The van der Waals surface area contributed by atoms with Crippen molar-refractivity contribution in [2.24, 2.45) is 0 Å². The van der Waals surface area contributed by atoms with Gasteiger partial charge in [0, 0.05) is 5.41 Å². The standard InChI is InChI=1S/C26H18.C16H16.2C13H12.2C11H10/c1-17-14-15-21-20-10-4-7-13-24(20)26(25(21)16-17)22-11-5-2-8-18(22)19-9-3-6-12-23(19)26;1-11-8-9-13-12-6-4-5-7-14(12)16(2,3)15(13)10-11;1-11-7-5-6-10-13(11)12-8-3-2-4-9-12;1-11-6-5-9-13(10-11)12-7-3-2-4-8-12;1-9-5-4-7-10-6-2-3-8-11(9)10;1-9-6-7-10-4-2-3-5-11(10)8-9/h2-16H,1H3;4-10H,1-3H3;2*2-10H,1H3;2*2-8H,1H3. The van der Waals surface area contributed by atoms with Crippen molar-refractivity contribution in [2.45, 2.75) is 66.2 Å². The lowest BCUT2D eigenvalue weighted by Gasteiger charge is -2.30. The van der Waals surface area contributed by atoms with Crippen LogP contribution in [0.25, 0.3) is 77.2 Å². The lowest BCUT2D eigenvalue weighted by molar-refractivity contribution is 0.660. The van der Waals surface area contributed by atoms with Gasteiger partial charge in [0.05, 0.1) is 5.41 Å². The first kappa shape index (κ1) is 59.9. The predicted molar refractivity (Wildman–Crippen MR) is 387 cm³/mol. The van der Waals surface area contributed by atoms with Gasteiger partial charge in [0.25, 0.3) is 0 Å². The monoisotopic (exact) mass is 1160 g/mol. The van der Waals surface area contributed by atoms with Gasteiger partial charge < -0.3 is 0 Å². The van der Waals surface area contributed by atoms with E-state index < -0.39 is 0 Å². The summed E-state index contributed by atoms with van der Waals surface area (Å²) in [5, 5.41) is 5.33. The van der Waals surface area contributed by atoms with Gasteiger partial charge in [-0.3, -0.25) is 0 Å². The summed E-state index contributed by atoms with van der Waals surface area (Å²) < 4.78 is 0. The van der Waals surface area contributed by atoms with E-state index in [1.807, 2.05) is 12.1 Å². The molecule has 0 heteroatoms. The van der Waals surface area contributed by atoms with E-state index in [0.29, 0.717) is 0 Å². The number of rotatable bonds is 2. The highest BCUT2D eigenvalue weighted by atomic mass is 14.5. The Morgan fingerprint density at radius 1 is 0.200 bits per heavy atom. The Balaban J connectivity index is 0.000000108. The molecule has 438 valence electrons. The molecule has 3 aliphatic rings. The van der Waals surface area contributed by atoms with Gasteiger partial charge in [-0.1, -0.05) is 364 Å². The van der Waals surface area contributed by atoms with Crippen molar-refractivity contribution in [2.75, 3.05) is 0 Å². The Labute approximate surface area is 534 Å². The lowest BCUT2D eigenvalue weighted by atomic mass is 9.70. The maximum absolute atomic E-state index is 2.40. The molecular weight excluding hydrogens is 1080 g/mol. The molecular formula is C90H78. The summed E-state index contributed by atoms with van der Waals surface area (Å²) in [5.41, 5.74) is 30.0. The molecule has 0 saturated carbocycles. The van der Waals surface area contributed by atoms with E-state index in [-0.39, 0.29) is 10.8 Å². The van der Waals surface area contributed by atoms with Crippen molar-refractivity contribution in [3.63, 3.8) is 0 Å². The van der Waals surface area contributed by atoms with Gasteiger partial charge in [0.15, 0.2) is 0 Å². The third-order valence-corrected chi connectivity index (χ3v) is 18.2. The maximum Gasteiger partial charge on any atom is 0.0725 e.